The third-order valence-corrected chi connectivity index (χ3v) is 4.24. The molecule has 2 heteroatoms. The number of hydrogen-bond donors (Lipinski definition) is 0. The van der Waals surface area contributed by atoms with Gasteiger partial charge in [-0.3, -0.25) is 0 Å². The smallest absolute Gasteiger partial charge is 0.334 e. The van der Waals surface area contributed by atoms with Crippen LogP contribution in [0.5, 0.6) is 0 Å². The Morgan fingerprint density at radius 1 is 0.905 bits per heavy atom. The van der Waals surface area contributed by atoms with Crippen LogP contribution in [0.4, 0.5) is 0 Å². The maximum Gasteiger partial charge on any atom is 0.334 e. The summed E-state index contributed by atoms with van der Waals surface area (Å²) in [4.78, 5) is 11.7. The largest absolute Gasteiger partial charge is 0.458 e. The highest BCUT2D eigenvalue weighted by Gasteiger charge is 2.37. The van der Waals surface area contributed by atoms with Gasteiger partial charge in [0.1, 0.15) is 6.10 Å². The summed E-state index contributed by atoms with van der Waals surface area (Å²) >= 11 is 0. The van der Waals surface area contributed by atoms with Gasteiger partial charge in [0.15, 0.2) is 0 Å². The Bertz CT molecular complexity index is 357. The molecule has 1 aliphatic rings. The van der Waals surface area contributed by atoms with Crippen molar-refractivity contribution in [2.75, 3.05) is 0 Å². The average Bonchev–Trinajstić information content (AvgIpc) is 2.74. The molecule has 0 aromatic heterocycles. The number of hydrogen-bond acceptors (Lipinski definition) is 2. The van der Waals surface area contributed by atoms with Crippen molar-refractivity contribution < 1.29 is 9.53 Å². The monoisotopic (exact) mass is 290 g/mol. The van der Waals surface area contributed by atoms with Crippen molar-refractivity contribution in [2.24, 2.45) is 5.92 Å². The van der Waals surface area contributed by atoms with E-state index in [4.69, 9.17) is 4.74 Å². The lowest BCUT2D eigenvalue weighted by Crippen LogP contribution is -2.16. The van der Waals surface area contributed by atoms with Crippen molar-refractivity contribution in [1.29, 1.82) is 0 Å². The number of esters is 1. The summed E-state index contributed by atoms with van der Waals surface area (Å²) in [7, 11) is 0. The molecule has 0 N–H and O–H groups in total. The number of cyclic esters (lactones) is 1. The molecule has 2 nitrogen and oxygen atoms in total. The van der Waals surface area contributed by atoms with E-state index in [9.17, 15) is 4.79 Å². The first kappa shape index (κ1) is 17.7. The standard InChI is InChI=1S/C19H30O2/c1-4-6-8-9-10-11-13-15-18-17(14-12-7-5-2)16(3)19(20)21-18/h4-5,17-18H,1-3,6-15H2/t17-,18-/m0/s1. The first-order valence-corrected chi connectivity index (χ1v) is 8.32. The van der Waals surface area contributed by atoms with Gasteiger partial charge in [-0.05, 0) is 44.9 Å². The first-order valence-electron chi connectivity index (χ1n) is 8.32. The van der Waals surface area contributed by atoms with Crippen molar-refractivity contribution in [3.05, 3.63) is 37.5 Å². The highest BCUT2D eigenvalue weighted by molar-refractivity contribution is 5.90. The summed E-state index contributed by atoms with van der Waals surface area (Å²) in [5.74, 6) is 0.0350. The molecule has 0 aromatic rings. The predicted molar refractivity (Wildman–Crippen MR) is 89.1 cm³/mol. The van der Waals surface area contributed by atoms with E-state index in [-0.39, 0.29) is 18.0 Å². The summed E-state index contributed by atoms with van der Waals surface area (Å²) in [5.41, 5.74) is 0.676. The third kappa shape index (κ3) is 6.33. The summed E-state index contributed by atoms with van der Waals surface area (Å²) < 4.78 is 5.48. The molecule has 1 fully saturated rings. The van der Waals surface area contributed by atoms with Gasteiger partial charge in [0.05, 0.1) is 0 Å². The van der Waals surface area contributed by atoms with Gasteiger partial charge in [0, 0.05) is 11.5 Å². The van der Waals surface area contributed by atoms with Gasteiger partial charge in [-0.25, -0.2) is 4.79 Å². The SMILES string of the molecule is C=CCCCCCCC[C@@H]1OC(=O)C(=C)[C@@H]1CCCC=C. The minimum atomic E-state index is -0.186. The van der Waals surface area contributed by atoms with Crippen LogP contribution in [0.3, 0.4) is 0 Å². The van der Waals surface area contributed by atoms with Gasteiger partial charge >= 0.3 is 5.97 Å². The maximum atomic E-state index is 11.7. The average molecular weight is 290 g/mol. The molecule has 2 atom stereocenters. The maximum absolute atomic E-state index is 11.7. The van der Waals surface area contributed by atoms with Crippen molar-refractivity contribution in [3.63, 3.8) is 0 Å². The van der Waals surface area contributed by atoms with Crippen molar-refractivity contribution in [1.82, 2.24) is 0 Å². The molecule has 1 rings (SSSR count). The van der Waals surface area contributed by atoms with Crippen molar-refractivity contribution in [3.8, 4) is 0 Å². The first-order chi connectivity index (χ1) is 10.2. The quantitative estimate of drug-likeness (QED) is 0.209. The van der Waals surface area contributed by atoms with E-state index in [0.717, 1.165) is 38.5 Å². The lowest BCUT2D eigenvalue weighted by Gasteiger charge is -2.17. The second kappa shape index (κ2) is 10.4. The molecule has 0 spiro atoms. The zero-order chi connectivity index (χ0) is 15.5. The summed E-state index contributed by atoms with van der Waals surface area (Å²) in [6.07, 6.45) is 15.2. The second-order valence-corrected chi connectivity index (χ2v) is 5.93. The van der Waals surface area contributed by atoms with Gasteiger partial charge in [0.2, 0.25) is 0 Å². The number of ether oxygens (including phenoxy) is 1. The molecule has 118 valence electrons. The molecule has 1 aliphatic heterocycles. The fourth-order valence-electron chi connectivity index (χ4n) is 2.94. The summed E-state index contributed by atoms with van der Waals surface area (Å²) in [6.45, 7) is 11.4. The Morgan fingerprint density at radius 3 is 2.24 bits per heavy atom. The zero-order valence-electron chi connectivity index (χ0n) is 13.3. The van der Waals surface area contributed by atoms with Crippen molar-refractivity contribution in [2.45, 2.75) is 70.3 Å². The lowest BCUT2D eigenvalue weighted by molar-refractivity contribution is -0.139. The fourth-order valence-corrected chi connectivity index (χ4v) is 2.94. The second-order valence-electron chi connectivity index (χ2n) is 5.93. The number of unbranched alkanes of at least 4 members (excludes halogenated alkanes) is 6. The highest BCUT2D eigenvalue weighted by atomic mass is 16.6. The van der Waals surface area contributed by atoms with Gasteiger partial charge in [-0.2, -0.15) is 0 Å². The molecule has 1 saturated heterocycles. The van der Waals surface area contributed by atoms with Gasteiger partial charge in [-0.15, -0.1) is 13.2 Å². The van der Waals surface area contributed by atoms with Crippen LogP contribution in [0.1, 0.15) is 64.2 Å². The minimum absolute atomic E-state index is 0.0583. The molecule has 0 amide bonds. The van der Waals surface area contributed by atoms with E-state index in [2.05, 4.69) is 19.7 Å². The molecule has 1 heterocycles. The Labute approximate surface area is 130 Å². The van der Waals surface area contributed by atoms with E-state index >= 15 is 0 Å². The van der Waals surface area contributed by atoms with Gasteiger partial charge < -0.3 is 4.74 Å². The van der Waals surface area contributed by atoms with E-state index in [0.29, 0.717) is 5.57 Å². The molecule has 0 aliphatic carbocycles. The summed E-state index contributed by atoms with van der Waals surface area (Å²) in [5, 5.41) is 0. The van der Waals surface area contributed by atoms with Crippen LogP contribution in [-0.2, 0) is 9.53 Å². The Hall–Kier alpha value is -1.31. The number of rotatable bonds is 12. The molecule has 0 bridgehead atoms. The third-order valence-electron chi connectivity index (χ3n) is 4.24. The van der Waals surface area contributed by atoms with Crippen LogP contribution >= 0.6 is 0 Å². The van der Waals surface area contributed by atoms with Crippen LogP contribution in [0.15, 0.2) is 37.5 Å². The summed E-state index contributed by atoms with van der Waals surface area (Å²) in [6, 6.07) is 0. The van der Waals surface area contributed by atoms with E-state index in [1.807, 2.05) is 12.2 Å². The van der Waals surface area contributed by atoms with Gasteiger partial charge in [0.25, 0.3) is 0 Å². The Balaban J connectivity index is 2.24. The molecule has 21 heavy (non-hydrogen) atoms. The zero-order valence-corrected chi connectivity index (χ0v) is 13.3. The minimum Gasteiger partial charge on any atom is -0.458 e. The Morgan fingerprint density at radius 2 is 1.52 bits per heavy atom. The normalized spacial score (nSPS) is 21.3. The van der Waals surface area contributed by atoms with Crippen LogP contribution in [0.2, 0.25) is 0 Å². The van der Waals surface area contributed by atoms with E-state index < -0.39 is 0 Å². The van der Waals surface area contributed by atoms with Crippen LogP contribution in [-0.4, -0.2) is 12.1 Å². The van der Waals surface area contributed by atoms with E-state index in [1.165, 1.54) is 25.7 Å². The molecular weight excluding hydrogens is 260 g/mol. The predicted octanol–water partition coefficient (Wildman–Crippen LogP) is 5.36. The van der Waals surface area contributed by atoms with Crippen molar-refractivity contribution >= 4 is 5.97 Å². The van der Waals surface area contributed by atoms with E-state index in [1.54, 1.807) is 0 Å². The molecular formula is C19H30O2. The van der Waals surface area contributed by atoms with Crippen LogP contribution in [0.25, 0.3) is 0 Å². The molecule has 0 unspecified atom stereocenters. The topological polar surface area (TPSA) is 26.3 Å². The molecule has 0 aromatic carbocycles. The van der Waals surface area contributed by atoms with Crippen LogP contribution in [0, 0.1) is 5.92 Å². The van der Waals surface area contributed by atoms with Crippen LogP contribution < -0.4 is 0 Å². The number of carbonyl (C=O) groups is 1. The lowest BCUT2D eigenvalue weighted by atomic mass is 9.89. The fraction of sp³-hybridized carbons (Fsp3) is 0.632. The molecule has 0 saturated carbocycles. The van der Waals surface area contributed by atoms with Gasteiger partial charge in [-0.1, -0.05) is 38.0 Å². The number of allylic oxidation sites excluding steroid dienone is 2. The number of carbonyl (C=O) groups excluding carboxylic acids is 1. The Kier molecular flexibility index (Phi) is 8.80. The molecule has 0 radical (unpaired) electrons. The highest BCUT2D eigenvalue weighted by Crippen LogP contribution is 2.33.